The van der Waals surface area contributed by atoms with E-state index in [0.717, 1.165) is 11.0 Å². The summed E-state index contributed by atoms with van der Waals surface area (Å²) in [5.74, 6) is -0.212. The molecule has 0 spiro atoms. The van der Waals surface area contributed by atoms with Gasteiger partial charge in [0.1, 0.15) is 5.82 Å². The van der Waals surface area contributed by atoms with Crippen LogP contribution in [0.3, 0.4) is 0 Å². The molecule has 1 aliphatic heterocycles. The highest BCUT2D eigenvalue weighted by atomic mass is 79.9. The van der Waals surface area contributed by atoms with E-state index in [4.69, 9.17) is 10.5 Å². The van der Waals surface area contributed by atoms with E-state index in [2.05, 4.69) is 27.8 Å². The van der Waals surface area contributed by atoms with Crippen LogP contribution in [0.5, 0.6) is 0 Å². The third kappa shape index (κ3) is 3.34. The van der Waals surface area contributed by atoms with Gasteiger partial charge in [-0.05, 0) is 26.0 Å². The number of morpholine rings is 1. The average Bonchev–Trinajstić information content (AvgIpc) is 2.36. The van der Waals surface area contributed by atoms with E-state index in [1.165, 1.54) is 6.07 Å². The van der Waals surface area contributed by atoms with Crippen molar-refractivity contribution in [2.24, 2.45) is 5.73 Å². The fourth-order valence-corrected chi connectivity index (χ4v) is 2.91. The second-order valence-corrected chi connectivity index (χ2v) is 6.02. The van der Waals surface area contributed by atoms with Crippen molar-refractivity contribution >= 4 is 15.9 Å². The number of hydrogen-bond donors (Lipinski definition) is 1. The molecular formula is C14H20BrFN2O. The molecule has 0 radical (unpaired) electrons. The normalized spacial score (nSPS) is 26.4. The molecule has 1 saturated heterocycles. The van der Waals surface area contributed by atoms with Crippen LogP contribution in [0.1, 0.15) is 25.5 Å². The van der Waals surface area contributed by atoms with Gasteiger partial charge in [-0.1, -0.05) is 22.0 Å². The lowest BCUT2D eigenvalue weighted by molar-refractivity contribution is -0.0658. The smallest absolute Gasteiger partial charge is 0.129 e. The SMILES string of the molecule is CC1CN(C(CN)c2ccc(Br)cc2F)C(C)CO1. The van der Waals surface area contributed by atoms with Crippen LogP contribution in [0.4, 0.5) is 4.39 Å². The van der Waals surface area contributed by atoms with Crippen molar-refractivity contribution in [1.82, 2.24) is 4.90 Å². The number of hydrogen-bond acceptors (Lipinski definition) is 3. The molecule has 1 fully saturated rings. The Morgan fingerprint density at radius 3 is 2.89 bits per heavy atom. The lowest BCUT2D eigenvalue weighted by Crippen LogP contribution is -2.50. The minimum atomic E-state index is -0.212. The summed E-state index contributed by atoms with van der Waals surface area (Å²) in [4.78, 5) is 2.24. The van der Waals surface area contributed by atoms with Crippen LogP contribution < -0.4 is 5.73 Å². The van der Waals surface area contributed by atoms with Crippen molar-refractivity contribution in [2.45, 2.75) is 32.0 Å². The van der Waals surface area contributed by atoms with Crippen LogP contribution >= 0.6 is 15.9 Å². The van der Waals surface area contributed by atoms with Crippen molar-refractivity contribution in [2.75, 3.05) is 19.7 Å². The van der Waals surface area contributed by atoms with Gasteiger partial charge < -0.3 is 10.5 Å². The molecule has 3 atom stereocenters. The molecule has 3 unspecified atom stereocenters. The molecule has 2 rings (SSSR count). The largest absolute Gasteiger partial charge is 0.376 e. The van der Waals surface area contributed by atoms with Crippen LogP contribution in [0.2, 0.25) is 0 Å². The van der Waals surface area contributed by atoms with Gasteiger partial charge in [0.15, 0.2) is 0 Å². The maximum absolute atomic E-state index is 14.1. The van der Waals surface area contributed by atoms with Crippen LogP contribution in [0.15, 0.2) is 22.7 Å². The van der Waals surface area contributed by atoms with Crippen molar-refractivity contribution in [3.8, 4) is 0 Å². The first-order valence-electron chi connectivity index (χ1n) is 6.55. The highest BCUT2D eigenvalue weighted by Crippen LogP contribution is 2.28. The second-order valence-electron chi connectivity index (χ2n) is 5.11. The molecule has 106 valence electrons. The number of benzene rings is 1. The zero-order valence-electron chi connectivity index (χ0n) is 11.3. The van der Waals surface area contributed by atoms with E-state index in [1.807, 2.05) is 19.1 Å². The molecule has 1 aliphatic rings. The van der Waals surface area contributed by atoms with Gasteiger partial charge in [-0.25, -0.2) is 4.39 Å². The van der Waals surface area contributed by atoms with Gasteiger partial charge in [0, 0.05) is 29.2 Å². The van der Waals surface area contributed by atoms with E-state index >= 15 is 0 Å². The maximum Gasteiger partial charge on any atom is 0.129 e. The van der Waals surface area contributed by atoms with E-state index in [1.54, 1.807) is 0 Å². The monoisotopic (exact) mass is 330 g/mol. The molecule has 5 heteroatoms. The summed E-state index contributed by atoms with van der Waals surface area (Å²) in [6.45, 7) is 5.96. The lowest BCUT2D eigenvalue weighted by Gasteiger charge is -2.41. The summed E-state index contributed by atoms with van der Waals surface area (Å²) in [6, 6.07) is 5.30. The zero-order valence-corrected chi connectivity index (χ0v) is 12.9. The van der Waals surface area contributed by atoms with E-state index < -0.39 is 0 Å². The van der Waals surface area contributed by atoms with Crippen molar-refractivity contribution in [1.29, 1.82) is 0 Å². The second kappa shape index (κ2) is 6.31. The minimum Gasteiger partial charge on any atom is -0.376 e. The third-order valence-corrected chi connectivity index (χ3v) is 4.09. The standard InChI is InChI=1S/C14H20BrFN2O/c1-9-8-19-10(2)7-18(9)14(6-17)12-4-3-11(15)5-13(12)16/h3-5,9-10,14H,6-8,17H2,1-2H3. The van der Waals surface area contributed by atoms with Gasteiger partial charge >= 0.3 is 0 Å². The first-order chi connectivity index (χ1) is 9.02. The summed E-state index contributed by atoms with van der Waals surface area (Å²) in [6.07, 6.45) is 0.156. The van der Waals surface area contributed by atoms with Crippen molar-refractivity contribution in [3.63, 3.8) is 0 Å². The summed E-state index contributed by atoms with van der Waals surface area (Å²) >= 11 is 3.28. The van der Waals surface area contributed by atoms with Crippen LogP contribution in [0.25, 0.3) is 0 Å². The van der Waals surface area contributed by atoms with Gasteiger partial charge in [-0.3, -0.25) is 4.90 Å². The first-order valence-corrected chi connectivity index (χ1v) is 7.34. The Balaban J connectivity index is 2.27. The number of nitrogens with zero attached hydrogens (tertiary/aromatic N) is 1. The Bertz CT molecular complexity index is 443. The van der Waals surface area contributed by atoms with Gasteiger partial charge in [-0.2, -0.15) is 0 Å². The summed E-state index contributed by atoms with van der Waals surface area (Å²) in [7, 11) is 0. The maximum atomic E-state index is 14.1. The Morgan fingerprint density at radius 1 is 1.53 bits per heavy atom. The topological polar surface area (TPSA) is 38.5 Å². The van der Waals surface area contributed by atoms with Gasteiger partial charge in [0.05, 0.1) is 18.8 Å². The number of ether oxygens (including phenoxy) is 1. The Kier molecular flexibility index (Phi) is 4.95. The highest BCUT2D eigenvalue weighted by Gasteiger charge is 2.31. The van der Waals surface area contributed by atoms with Crippen LogP contribution in [-0.2, 0) is 4.74 Å². The molecule has 19 heavy (non-hydrogen) atoms. The summed E-state index contributed by atoms with van der Waals surface area (Å²) in [5, 5.41) is 0. The predicted octanol–water partition coefficient (Wildman–Crippen LogP) is 2.70. The fraction of sp³-hybridized carbons (Fsp3) is 0.571. The minimum absolute atomic E-state index is 0.102. The molecule has 1 heterocycles. The average molecular weight is 331 g/mol. The molecule has 0 bridgehead atoms. The van der Waals surface area contributed by atoms with E-state index in [0.29, 0.717) is 18.7 Å². The van der Waals surface area contributed by atoms with Gasteiger partial charge in [0.2, 0.25) is 0 Å². The van der Waals surface area contributed by atoms with Gasteiger partial charge in [0.25, 0.3) is 0 Å². The van der Waals surface area contributed by atoms with Crippen molar-refractivity contribution < 1.29 is 9.13 Å². The van der Waals surface area contributed by atoms with E-state index in [-0.39, 0.29) is 24.0 Å². The molecule has 1 aromatic rings. The predicted molar refractivity (Wildman–Crippen MR) is 77.5 cm³/mol. The quantitative estimate of drug-likeness (QED) is 0.926. The molecule has 0 aromatic heterocycles. The summed E-state index contributed by atoms with van der Waals surface area (Å²) < 4.78 is 20.5. The first kappa shape index (κ1) is 14.9. The molecular weight excluding hydrogens is 311 g/mol. The van der Waals surface area contributed by atoms with Crippen molar-refractivity contribution in [3.05, 3.63) is 34.1 Å². The van der Waals surface area contributed by atoms with Crippen LogP contribution in [-0.4, -0.2) is 36.7 Å². The zero-order chi connectivity index (χ0) is 14.0. The third-order valence-electron chi connectivity index (χ3n) is 3.60. The lowest BCUT2D eigenvalue weighted by atomic mass is 10.0. The molecule has 3 nitrogen and oxygen atoms in total. The van der Waals surface area contributed by atoms with Gasteiger partial charge in [-0.15, -0.1) is 0 Å². The number of halogens is 2. The molecule has 1 aromatic carbocycles. The van der Waals surface area contributed by atoms with E-state index in [9.17, 15) is 4.39 Å². The van der Waals surface area contributed by atoms with Crippen LogP contribution in [0, 0.1) is 5.82 Å². The molecule has 0 amide bonds. The molecule has 2 N–H and O–H groups in total. The summed E-state index contributed by atoms with van der Waals surface area (Å²) in [5.41, 5.74) is 6.55. The number of nitrogens with two attached hydrogens (primary N) is 1. The Labute approximate surface area is 122 Å². The highest BCUT2D eigenvalue weighted by molar-refractivity contribution is 9.10. The Hall–Kier alpha value is -0.490. The molecule has 0 saturated carbocycles. The number of rotatable bonds is 3. The Morgan fingerprint density at radius 2 is 2.26 bits per heavy atom. The fourth-order valence-electron chi connectivity index (χ4n) is 2.58. The molecule has 0 aliphatic carbocycles.